The van der Waals surface area contributed by atoms with E-state index < -0.39 is 0 Å². The largest absolute Gasteiger partial charge is 0.487 e. The van der Waals surface area contributed by atoms with Gasteiger partial charge in [0.05, 0.1) is 17.1 Å². The number of rotatable bonds is 6. The maximum Gasteiger partial charge on any atom is 0.130 e. The minimum Gasteiger partial charge on any atom is -0.487 e. The molecular formula is C32H34N4O. The van der Waals surface area contributed by atoms with E-state index in [1.807, 2.05) is 6.92 Å². The molecule has 2 aromatic heterocycles. The second kappa shape index (κ2) is 9.89. The van der Waals surface area contributed by atoms with Crippen LogP contribution in [-0.2, 0) is 38.7 Å². The fourth-order valence-corrected chi connectivity index (χ4v) is 5.45. The highest BCUT2D eigenvalue weighted by Crippen LogP contribution is 2.37. The Balaban J connectivity index is 1.17. The fourth-order valence-electron chi connectivity index (χ4n) is 5.45. The summed E-state index contributed by atoms with van der Waals surface area (Å²) in [6, 6.07) is 13.4. The number of imidazole rings is 2. The topological polar surface area (TPSA) is 66.6 Å². The number of hydrogen-bond donors (Lipinski definition) is 2. The summed E-state index contributed by atoms with van der Waals surface area (Å²) in [7, 11) is 0. The number of aromatic nitrogens is 4. The number of benzene rings is 2. The number of fused-ring (bicyclic) bond motifs is 6. The number of nitrogens with one attached hydrogen (secondary N) is 2. The Morgan fingerprint density at radius 1 is 0.946 bits per heavy atom. The molecule has 0 unspecified atom stereocenters. The zero-order valence-corrected chi connectivity index (χ0v) is 21.9. The second-order valence-electron chi connectivity index (χ2n) is 10.3. The summed E-state index contributed by atoms with van der Waals surface area (Å²) >= 11 is 0. The number of nitrogens with zero attached hydrogens (tertiary/aromatic N) is 2. The summed E-state index contributed by atoms with van der Waals surface area (Å²) < 4.78 is 6.10. The van der Waals surface area contributed by atoms with Gasteiger partial charge in [0.25, 0.3) is 0 Å². The Hall–Kier alpha value is -3.86. The van der Waals surface area contributed by atoms with Gasteiger partial charge in [-0.3, -0.25) is 0 Å². The molecule has 5 nitrogen and oxygen atoms in total. The van der Waals surface area contributed by atoms with Crippen LogP contribution in [0.25, 0.3) is 22.5 Å². The van der Waals surface area contributed by atoms with Crippen LogP contribution in [0.15, 0.2) is 60.2 Å². The molecule has 2 N–H and O–H groups in total. The number of hydrogen-bond acceptors (Lipinski definition) is 3. The molecule has 0 bridgehead atoms. The molecule has 3 heterocycles. The first-order valence-corrected chi connectivity index (χ1v) is 13.4. The average Bonchev–Trinajstić information content (AvgIpc) is 3.45. The molecule has 0 spiro atoms. The number of ether oxygens (including phenoxy) is 1. The quantitative estimate of drug-likeness (QED) is 0.286. The Morgan fingerprint density at radius 3 is 2.68 bits per heavy atom. The SMILES string of the molecule is CC=C(C)C=CCc1ccc2c(c1)OCc1[nH]c(CCc3ccc4c(c3)CCCc3[nH]c(C)nc3-4)nc1-2. The lowest BCUT2D eigenvalue weighted by molar-refractivity contribution is 0.297. The molecule has 0 fully saturated rings. The molecule has 0 radical (unpaired) electrons. The maximum atomic E-state index is 6.10. The first-order chi connectivity index (χ1) is 18.1. The van der Waals surface area contributed by atoms with E-state index in [1.165, 1.54) is 33.5 Å². The first-order valence-electron chi connectivity index (χ1n) is 13.4. The molecular weight excluding hydrogens is 456 g/mol. The van der Waals surface area contributed by atoms with Gasteiger partial charge < -0.3 is 14.7 Å². The van der Waals surface area contributed by atoms with Gasteiger partial charge in [-0.1, -0.05) is 48.1 Å². The predicted octanol–water partition coefficient (Wildman–Crippen LogP) is 7.01. The molecule has 1 aliphatic heterocycles. The third-order valence-corrected chi connectivity index (χ3v) is 7.54. The van der Waals surface area contributed by atoms with Gasteiger partial charge in [-0.2, -0.15) is 0 Å². The summed E-state index contributed by atoms with van der Waals surface area (Å²) in [5.74, 6) is 2.95. The van der Waals surface area contributed by atoms with Crippen LogP contribution >= 0.6 is 0 Å². The maximum absolute atomic E-state index is 6.10. The van der Waals surface area contributed by atoms with Crippen molar-refractivity contribution in [1.29, 1.82) is 0 Å². The van der Waals surface area contributed by atoms with Crippen molar-refractivity contribution in [3.05, 3.63) is 99.9 Å². The van der Waals surface area contributed by atoms with Crippen molar-refractivity contribution in [2.45, 2.75) is 65.9 Å². The van der Waals surface area contributed by atoms with Crippen molar-refractivity contribution in [2.75, 3.05) is 0 Å². The Morgan fingerprint density at radius 2 is 1.78 bits per heavy atom. The highest BCUT2D eigenvalue weighted by atomic mass is 16.5. The van der Waals surface area contributed by atoms with Crippen LogP contribution in [0.5, 0.6) is 5.75 Å². The van der Waals surface area contributed by atoms with E-state index in [1.54, 1.807) is 0 Å². The lowest BCUT2D eigenvalue weighted by Gasteiger charge is -2.17. The van der Waals surface area contributed by atoms with Crippen molar-refractivity contribution in [3.63, 3.8) is 0 Å². The second-order valence-corrected chi connectivity index (χ2v) is 10.3. The van der Waals surface area contributed by atoms with Crippen LogP contribution in [0.2, 0.25) is 0 Å². The Kier molecular flexibility index (Phi) is 6.29. The van der Waals surface area contributed by atoms with E-state index in [0.717, 1.165) is 78.6 Å². The van der Waals surface area contributed by atoms with Gasteiger partial charge in [-0.25, -0.2) is 9.97 Å². The van der Waals surface area contributed by atoms with Crippen LogP contribution < -0.4 is 4.74 Å². The summed E-state index contributed by atoms with van der Waals surface area (Å²) in [5.41, 5.74) is 12.2. The predicted molar refractivity (Wildman–Crippen MR) is 149 cm³/mol. The lowest BCUT2D eigenvalue weighted by Crippen LogP contribution is -2.05. The molecule has 1 aliphatic carbocycles. The van der Waals surface area contributed by atoms with Gasteiger partial charge in [-0.15, -0.1) is 0 Å². The zero-order chi connectivity index (χ0) is 25.4. The minimum absolute atomic E-state index is 0.538. The molecule has 4 aromatic rings. The highest BCUT2D eigenvalue weighted by Gasteiger charge is 2.22. The molecule has 37 heavy (non-hydrogen) atoms. The molecule has 5 heteroatoms. The minimum atomic E-state index is 0.538. The van der Waals surface area contributed by atoms with Gasteiger partial charge in [0.1, 0.15) is 24.0 Å². The van der Waals surface area contributed by atoms with Crippen LogP contribution in [0.4, 0.5) is 0 Å². The van der Waals surface area contributed by atoms with E-state index in [2.05, 4.69) is 78.4 Å². The summed E-state index contributed by atoms with van der Waals surface area (Å²) in [4.78, 5) is 16.8. The number of aromatic amines is 2. The normalized spacial score (nSPS) is 14.5. The van der Waals surface area contributed by atoms with Gasteiger partial charge >= 0.3 is 0 Å². The van der Waals surface area contributed by atoms with E-state index in [4.69, 9.17) is 14.7 Å². The van der Waals surface area contributed by atoms with Crippen molar-refractivity contribution in [2.24, 2.45) is 0 Å². The van der Waals surface area contributed by atoms with Crippen molar-refractivity contribution in [1.82, 2.24) is 19.9 Å². The van der Waals surface area contributed by atoms with Gasteiger partial charge in [0, 0.05) is 23.2 Å². The monoisotopic (exact) mass is 490 g/mol. The third kappa shape index (κ3) is 4.78. The molecule has 6 rings (SSSR count). The van der Waals surface area contributed by atoms with Gasteiger partial charge in [-0.05, 0) is 81.7 Å². The molecule has 188 valence electrons. The highest BCUT2D eigenvalue weighted by molar-refractivity contribution is 5.72. The standard InChI is InChI=1S/C32H34N4O/c1-4-20(2)7-5-8-22-12-15-26-29(18-22)37-19-28-32(26)36-30(35-28)16-13-23-11-14-25-24(17-23)9-6-10-27-31(25)34-21(3)33-27/h4-5,7,11-12,14-15,17-18H,6,8-10,13,16,19H2,1-3H3,(H,33,34)(H,35,36). The summed E-state index contributed by atoms with van der Waals surface area (Å²) in [5, 5.41) is 0. The Labute approximate surface area is 218 Å². The van der Waals surface area contributed by atoms with Crippen molar-refractivity contribution >= 4 is 0 Å². The number of H-pyrrole nitrogens is 2. The smallest absolute Gasteiger partial charge is 0.130 e. The van der Waals surface area contributed by atoms with Crippen molar-refractivity contribution in [3.8, 4) is 28.3 Å². The van der Waals surface area contributed by atoms with E-state index >= 15 is 0 Å². The lowest BCUT2D eigenvalue weighted by atomic mass is 9.98. The molecule has 0 saturated carbocycles. The number of allylic oxidation sites excluding steroid dienone is 4. The van der Waals surface area contributed by atoms with Crippen LogP contribution in [-0.4, -0.2) is 19.9 Å². The summed E-state index contributed by atoms with van der Waals surface area (Å²) in [6.07, 6.45) is 12.5. The average molecular weight is 491 g/mol. The van der Waals surface area contributed by atoms with E-state index in [9.17, 15) is 0 Å². The first kappa shape index (κ1) is 23.5. The fraction of sp³-hybridized carbons (Fsp3) is 0.312. The van der Waals surface area contributed by atoms with E-state index in [0.29, 0.717) is 6.61 Å². The molecule has 2 aromatic carbocycles. The van der Waals surface area contributed by atoms with Crippen LogP contribution in [0.1, 0.15) is 60.0 Å². The zero-order valence-electron chi connectivity index (χ0n) is 21.9. The summed E-state index contributed by atoms with van der Waals surface area (Å²) in [6.45, 7) is 6.76. The van der Waals surface area contributed by atoms with Gasteiger partial charge in [0.2, 0.25) is 0 Å². The van der Waals surface area contributed by atoms with Crippen molar-refractivity contribution < 1.29 is 4.74 Å². The van der Waals surface area contributed by atoms with Crippen LogP contribution in [0.3, 0.4) is 0 Å². The number of aryl methyl sites for hydroxylation is 5. The Bertz CT molecular complexity index is 1520. The van der Waals surface area contributed by atoms with Crippen LogP contribution in [0, 0.1) is 6.92 Å². The van der Waals surface area contributed by atoms with Gasteiger partial charge in [0.15, 0.2) is 0 Å². The molecule has 2 aliphatic rings. The molecule has 0 amide bonds. The van der Waals surface area contributed by atoms with E-state index in [-0.39, 0.29) is 0 Å². The molecule has 0 saturated heterocycles. The molecule has 0 atom stereocenters. The third-order valence-electron chi connectivity index (χ3n) is 7.54.